The Kier molecular flexibility index (Phi) is 3.81. The zero-order valence-corrected chi connectivity index (χ0v) is 13.9. The first-order valence-electron chi connectivity index (χ1n) is 7.63. The number of aromatic amines is 1. The lowest BCUT2D eigenvalue weighted by Gasteiger charge is -2.19. The number of ether oxygens (including phenoxy) is 2. The van der Waals surface area contributed by atoms with Crippen molar-refractivity contribution < 1.29 is 17.9 Å². The maximum absolute atomic E-state index is 12.7. The summed E-state index contributed by atoms with van der Waals surface area (Å²) in [7, 11) is -3.74. The Hall–Kier alpha value is -3.00. The molecule has 0 radical (unpaired) electrons. The summed E-state index contributed by atoms with van der Waals surface area (Å²) in [4.78, 5) is 7.08. The molecule has 2 aromatic carbocycles. The second-order valence-electron chi connectivity index (χ2n) is 5.46. The highest BCUT2D eigenvalue weighted by atomic mass is 32.2. The van der Waals surface area contributed by atoms with Gasteiger partial charge >= 0.3 is 0 Å². The number of nitrogens with zero attached hydrogens (tertiary/aromatic N) is 1. The first-order valence-corrected chi connectivity index (χ1v) is 9.11. The number of rotatable bonds is 4. The molecular formula is C17H15N3O4S. The lowest BCUT2D eigenvalue weighted by Crippen LogP contribution is -2.17. The van der Waals surface area contributed by atoms with Crippen LogP contribution in [0.2, 0.25) is 0 Å². The van der Waals surface area contributed by atoms with E-state index in [1.165, 1.54) is 12.1 Å². The van der Waals surface area contributed by atoms with Crippen molar-refractivity contribution in [3.8, 4) is 22.8 Å². The molecule has 25 heavy (non-hydrogen) atoms. The van der Waals surface area contributed by atoms with Gasteiger partial charge < -0.3 is 14.5 Å². The molecule has 0 unspecified atom stereocenters. The van der Waals surface area contributed by atoms with Crippen molar-refractivity contribution in [3.05, 3.63) is 55.0 Å². The van der Waals surface area contributed by atoms with E-state index in [-0.39, 0.29) is 4.90 Å². The molecular weight excluding hydrogens is 342 g/mol. The van der Waals surface area contributed by atoms with Gasteiger partial charge in [0.2, 0.25) is 0 Å². The van der Waals surface area contributed by atoms with Gasteiger partial charge in [-0.15, -0.1) is 0 Å². The fraction of sp³-hybridized carbons (Fsp3) is 0.118. The van der Waals surface area contributed by atoms with Crippen LogP contribution in [0.1, 0.15) is 0 Å². The normalized spacial score (nSPS) is 13.4. The van der Waals surface area contributed by atoms with Crippen molar-refractivity contribution in [1.29, 1.82) is 0 Å². The second-order valence-corrected chi connectivity index (χ2v) is 7.14. The van der Waals surface area contributed by atoms with Gasteiger partial charge in [-0.25, -0.2) is 13.4 Å². The number of anilines is 1. The highest BCUT2D eigenvalue weighted by Crippen LogP contribution is 2.33. The average Bonchev–Trinajstić information content (AvgIpc) is 3.16. The molecule has 1 aromatic heterocycles. The molecule has 0 aliphatic carbocycles. The van der Waals surface area contributed by atoms with Gasteiger partial charge in [-0.1, -0.05) is 12.1 Å². The van der Waals surface area contributed by atoms with E-state index in [0.717, 1.165) is 11.3 Å². The van der Waals surface area contributed by atoms with Gasteiger partial charge in [0.05, 0.1) is 23.1 Å². The Morgan fingerprint density at radius 1 is 1.04 bits per heavy atom. The Morgan fingerprint density at radius 3 is 2.68 bits per heavy atom. The highest BCUT2D eigenvalue weighted by Gasteiger charge is 2.19. The standard InChI is InChI=1S/C17H15N3O4S/c21-25(22,14-4-5-16-17(9-14)24-7-6-23-16)20-13-3-1-2-12(8-13)15-10-18-11-19-15/h1-5,8-11,20H,6-7H2,(H,18,19). The minimum atomic E-state index is -3.74. The summed E-state index contributed by atoms with van der Waals surface area (Å²) in [5, 5.41) is 0. The van der Waals surface area contributed by atoms with Crippen LogP contribution in [0.3, 0.4) is 0 Å². The smallest absolute Gasteiger partial charge is 0.262 e. The summed E-state index contributed by atoms with van der Waals surface area (Å²) in [5.41, 5.74) is 2.10. The minimum absolute atomic E-state index is 0.115. The molecule has 0 atom stereocenters. The van der Waals surface area contributed by atoms with Crippen molar-refractivity contribution >= 4 is 15.7 Å². The SMILES string of the molecule is O=S(=O)(Nc1cccc(-c2cnc[nH]2)c1)c1ccc2c(c1)OCCO2. The summed E-state index contributed by atoms with van der Waals surface area (Å²) >= 11 is 0. The molecule has 0 saturated heterocycles. The number of hydrogen-bond donors (Lipinski definition) is 2. The molecule has 2 heterocycles. The number of nitrogens with one attached hydrogen (secondary N) is 2. The van der Waals surface area contributed by atoms with Crippen molar-refractivity contribution in [3.63, 3.8) is 0 Å². The van der Waals surface area contributed by atoms with Crippen molar-refractivity contribution in [2.45, 2.75) is 4.90 Å². The number of aromatic nitrogens is 2. The molecule has 4 rings (SSSR count). The minimum Gasteiger partial charge on any atom is -0.486 e. The van der Waals surface area contributed by atoms with E-state index in [1.54, 1.807) is 36.8 Å². The van der Waals surface area contributed by atoms with E-state index in [1.807, 2.05) is 6.07 Å². The molecule has 0 saturated carbocycles. The molecule has 3 aromatic rings. The van der Waals surface area contributed by atoms with Gasteiger partial charge in [0.1, 0.15) is 13.2 Å². The van der Waals surface area contributed by atoms with Gasteiger partial charge in [-0.05, 0) is 24.3 Å². The third-order valence-corrected chi connectivity index (χ3v) is 5.13. The fourth-order valence-corrected chi connectivity index (χ4v) is 3.63. The van der Waals surface area contributed by atoms with Crippen LogP contribution in [0.15, 0.2) is 59.9 Å². The molecule has 8 heteroatoms. The van der Waals surface area contributed by atoms with E-state index in [0.29, 0.717) is 30.4 Å². The maximum Gasteiger partial charge on any atom is 0.262 e. The first kappa shape index (κ1) is 15.5. The molecule has 1 aliphatic rings. The van der Waals surface area contributed by atoms with E-state index in [9.17, 15) is 8.42 Å². The van der Waals surface area contributed by atoms with Crippen LogP contribution in [0.4, 0.5) is 5.69 Å². The van der Waals surface area contributed by atoms with Crippen molar-refractivity contribution in [2.75, 3.05) is 17.9 Å². The van der Waals surface area contributed by atoms with Gasteiger partial charge in [0.25, 0.3) is 10.0 Å². The third-order valence-electron chi connectivity index (χ3n) is 3.75. The lowest BCUT2D eigenvalue weighted by molar-refractivity contribution is 0.171. The Labute approximate surface area is 144 Å². The predicted molar refractivity (Wildman–Crippen MR) is 92.3 cm³/mol. The summed E-state index contributed by atoms with van der Waals surface area (Å²) < 4.78 is 38.8. The van der Waals surface area contributed by atoms with Crippen LogP contribution >= 0.6 is 0 Å². The molecule has 0 spiro atoms. The number of hydrogen-bond acceptors (Lipinski definition) is 5. The van der Waals surface area contributed by atoms with Crippen LogP contribution in [0.5, 0.6) is 11.5 Å². The Morgan fingerprint density at radius 2 is 1.88 bits per heavy atom. The van der Waals surface area contributed by atoms with Gasteiger partial charge in [0.15, 0.2) is 11.5 Å². The molecule has 2 N–H and O–H groups in total. The molecule has 1 aliphatic heterocycles. The highest BCUT2D eigenvalue weighted by molar-refractivity contribution is 7.92. The quantitative estimate of drug-likeness (QED) is 0.749. The van der Waals surface area contributed by atoms with E-state index >= 15 is 0 Å². The summed E-state index contributed by atoms with van der Waals surface area (Å²) in [6, 6.07) is 11.6. The van der Waals surface area contributed by atoms with E-state index < -0.39 is 10.0 Å². The summed E-state index contributed by atoms with van der Waals surface area (Å²) in [6.45, 7) is 0.855. The van der Waals surface area contributed by atoms with Crippen LogP contribution in [-0.2, 0) is 10.0 Å². The molecule has 128 valence electrons. The predicted octanol–water partition coefficient (Wildman–Crippen LogP) is 2.65. The summed E-state index contributed by atoms with van der Waals surface area (Å²) in [5.74, 6) is 0.978. The largest absolute Gasteiger partial charge is 0.486 e. The number of benzene rings is 2. The first-order chi connectivity index (χ1) is 12.1. The van der Waals surface area contributed by atoms with Gasteiger partial charge in [0, 0.05) is 17.3 Å². The molecule has 0 amide bonds. The lowest BCUT2D eigenvalue weighted by atomic mass is 10.1. The monoisotopic (exact) mass is 357 g/mol. The van der Waals surface area contributed by atoms with Gasteiger partial charge in [-0.2, -0.15) is 0 Å². The van der Waals surface area contributed by atoms with Crippen molar-refractivity contribution in [1.82, 2.24) is 9.97 Å². The van der Waals surface area contributed by atoms with Crippen molar-refractivity contribution in [2.24, 2.45) is 0 Å². The average molecular weight is 357 g/mol. The Balaban J connectivity index is 1.62. The van der Waals surface area contributed by atoms with E-state index in [2.05, 4.69) is 14.7 Å². The van der Waals surface area contributed by atoms with Crippen LogP contribution in [0.25, 0.3) is 11.3 Å². The molecule has 0 bridgehead atoms. The second kappa shape index (κ2) is 6.14. The van der Waals surface area contributed by atoms with E-state index in [4.69, 9.17) is 9.47 Å². The Bertz CT molecular complexity index is 1000. The zero-order valence-electron chi connectivity index (χ0n) is 13.1. The number of imidazole rings is 1. The van der Waals surface area contributed by atoms with Gasteiger partial charge in [-0.3, -0.25) is 4.72 Å². The maximum atomic E-state index is 12.7. The third kappa shape index (κ3) is 3.16. The molecule has 7 nitrogen and oxygen atoms in total. The number of fused-ring (bicyclic) bond motifs is 1. The number of H-pyrrole nitrogens is 1. The van der Waals surface area contributed by atoms with Crippen LogP contribution in [0, 0.1) is 0 Å². The number of sulfonamides is 1. The zero-order chi connectivity index (χ0) is 17.3. The molecule has 0 fully saturated rings. The summed E-state index contributed by atoms with van der Waals surface area (Å²) in [6.07, 6.45) is 3.25. The van der Waals surface area contributed by atoms with Crippen LogP contribution < -0.4 is 14.2 Å². The van der Waals surface area contributed by atoms with Crippen LogP contribution in [-0.4, -0.2) is 31.6 Å². The fourth-order valence-electron chi connectivity index (χ4n) is 2.57. The topological polar surface area (TPSA) is 93.3 Å².